The first-order chi connectivity index (χ1) is 27.8. The highest BCUT2D eigenvalue weighted by atomic mass is 32.1. The highest BCUT2D eigenvalue weighted by Crippen LogP contribution is 2.52. The Bertz CT molecular complexity index is 3260. The van der Waals surface area contributed by atoms with Crippen molar-refractivity contribution in [3.8, 4) is 33.4 Å². The summed E-state index contributed by atoms with van der Waals surface area (Å²) in [7, 11) is 0. The Morgan fingerprint density at radius 2 is 0.911 bits per heavy atom. The minimum absolute atomic E-state index is 1.13. The van der Waals surface area contributed by atoms with E-state index < -0.39 is 0 Å². The Labute approximate surface area is 330 Å². The van der Waals surface area contributed by atoms with Crippen LogP contribution in [0.2, 0.25) is 0 Å². The Balaban J connectivity index is 1.28. The highest BCUT2D eigenvalue weighted by molar-refractivity contribution is 7.26. The van der Waals surface area contributed by atoms with E-state index in [0.29, 0.717) is 0 Å². The van der Waals surface area contributed by atoms with Crippen molar-refractivity contribution in [1.82, 2.24) is 0 Å². The Morgan fingerprint density at radius 3 is 1.77 bits per heavy atom. The fourth-order valence-corrected chi connectivity index (χ4v) is 9.82. The predicted molar refractivity (Wildman–Crippen MR) is 243 cm³/mol. The van der Waals surface area contributed by atoms with Gasteiger partial charge in [0, 0.05) is 26.6 Å². The molecule has 11 aromatic rings. The van der Waals surface area contributed by atoms with Crippen LogP contribution in [0.15, 0.2) is 212 Å². The van der Waals surface area contributed by atoms with Crippen LogP contribution in [0, 0.1) is 0 Å². The summed E-state index contributed by atoms with van der Waals surface area (Å²) in [6, 6.07) is 78.0. The molecule has 1 nitrogen and oxygen atoms in total. The van der Waals surface area contributed by atoms with Gasteiger partial charge in [0.1, 0.15) is 0 Å². The lowest BCUT2D eigenvalue weighted by Crippen LogP contribution is -2.13. The minimum Gasteiger partial charge on any atom is -0.308 e. The van der Waals surface area contributed by atoms with E-state index in [1.54, 1.807) is 0 Å². The molecule has 0 N–H and O–H groups in total. The number of rotatable bonds is 6. The summed E-state index contributed by atoms with van der Waals surface area (Å²) in [5, 5.41) is 9.92. The molecule has 0 radical (unpaired) electrons. The first-order valence-corrected chi connectivity index (χ1v) is 20.0. The van der Waals surface area contributed by atoms with Crippen LogP contribution in [-0.4, -0.2) is 0 Å². The smallest absolute Gasteiger partial charge is 0.0640 e. The van der Waals surface area contributed by atoms with E-state index in [-0.39, 0.29) is 0 Å². The van der Waals surface area contributed by atoms with Crippen molar-refractivity contribution in [3.05, 3.63) is 212 Å². The van der Waals surface area contributed by atoms with E-state index in [2.05, 4.69) is 217 Å². The molecule has 0 fully saturated rings. The molecule has 1 aromatic heterocycles. The molecule has 10 aromatic carbocycles. The van der Waals surface area contributed by atoms with Crippen LogP contribution in [0.3, 0.4) is 0 Å². The number of hydrogen-bond donors (Lipinski definition) is 0. The summed E-state index contributed by atoms with van der Waals surface area (Å²) in [6.07, 6.45) is 0. The van der Waals surface area contributed by atoms with Gasteiger partial charge in [0.15, 0.2) is 0 Å². The summed E-state index contributed by atoms with van der Waals surface area (Å²) >= 11 is 1.88. The summed E-state index contributed by atoms with van der Waals surface area (Å²) in [5.74, 6) is 0. The third-order valence-electron chi connectivity index (χ3n) is 11.2. The molecule has 0 spiro atoms. The molecule has 0 aliphatic heterocycles. The molecule has 0 aliphatic rings. The molecule has 56 heavy (non-hydrogen) atoms. The predicted octanol–water partition coefficient (Wildman–Crippen LogP) is 16.0. The molecular formula is C54H35NS. The van der Waals surface area contributed by atoms with Crippen LogP contribution in [0.5, 0.6) is 0 Å². The van der Waals surface area contributed by atoms with Crippen LogP contribution in [-0.2, 0) is 0 Å². The summed E-state index contributed by atoms with van der Waals surface area (Å²) in [4.78, 5) is 2.56. The van der Waals surface area contributed by atoms with E-state index in [4.69, 9.17) is 0 Å². The summed E-state index contributed by atoms with van der Waals surface area (Å²) in [6.45, 7) is 0. The van der Waals surface area contributed by atoms with Gasteiger partial charge in [-0.15, -0.1) is 11.3 Å². The molecule has 0 amide bonds. The molecule has 0 aliphatic carbocycles. The standard InChI is InChI=1S/C54H35NS/c1-2-14-36(15-3-1)41-31-32-49(48(35-41)45-24-12-20-38-17-6-8-21-43(38)45)55(51-26-13-25-47-46-23-10-11-27-52(46)56-54(47)51)50-33-30-39-18-7-9-22-44(39)53(50)42-29-28-37-16-4-5-19-40(37)34-42/h1-35H. The average molecular weight is 730 g/mol. The molecule has 0 saturated carbocycles. The van der Waals surface area contributed by atoms with Crippen LogP contribution in [0.1, 0.15) is 0 Å². The zero-order chi connectivity index (χ0) is 37.0. The second-order valence-electron chi connectivity index (χ2n) is 14.5. The third kappa shape index (κ3) is 5.38. The van der Waals surface area contributed by atoms with Gasteiger partial charge in [-0.3, -0.25) is 0 Å². The zero-order valence-electron chi connectivity index (χ0n) is 30.6. The van der Waals surface area contributed by atoms with Crippen LogP contribution in [0.25, 0.3) is 85.9 Å². The number of thiophene rings is 1. The maximum atomic E-state index is 2.56. The maximum absolute atomic E-state index is 2.56. The highest BCUT2D eigenvalue weighted by Gasteiger charge is 2.26. The number of fused-ring (bicyclic) bond motifs is 6. The van der Waals surface area contributed by atoms with Crippen molar-refractivity contribution in [2.45, 2.75) is 0 Å². The SMILES string of the molecule is c1ccc(-c2ccc(N(c3ccc4ccccc4c3-c3ccc4ccccc4c3)c3cccc4c3sc3ccccc34)c(-c3cccc4ccccc34)c2)cc1. The molecule has 2 heteroatoms. The number of anilines is 3. The first kappa shape index (κ1) is 32.4. The van der Waals surface area contributed by atoms with Crippen molar-refractivity contribution in [1.29, 1.82) is 0 Å². The van der Waals surface area contributed by atoms with Crippen molar-refractivity contribution < 1.29 is 0 Å². The van der Waals surface area contributed by atoms with Gasteiger partial charge in [-0.05, 0) is 91.0 Å². The topological polar surface area (TPSA) is 3.24 Å². The van der Waals surface area contributed by atoms with Crippen molar-refractivity contribution in [2.75, 3.05) is 4.90 Å². The lowest BCUT2D eigenvalue weighted by Gasteiger charge is -2.31. The van der Waals surface area contributed by atoms with Gasteiger partial charge >= 0.3 is 0 Å². The minimum atomic E-state index is 1.13. The fraction of sp³-hybridized carbons (Fsp3) is 0. The summed E-state index contributed by atoms with van der Waals surface area (Å²) < 4.78 is 2.55. The van der Waals surface area contributed by atoms with E-state index in [0.717, 1.165) is 17.1 Å². The molecule has 0 saturated heterocycles. The van der Waals surface area contributed by atoms with Gasteiger partial charge in [0.25, 0.3) is 0 Å². The average Bonchev–Trinajstić information content (AvgIpc) is 3.66. The van der Waals surface area contributed by atoms with Crippen molar-refractivity contribution in [2.24, 2.45) is 0 Å². The normalized spacial score (nSPS) is 11.6. The number of benzene rings is 10. The second-order valence-corrected chi connectivity index (χ2v) is 15.5. The monoisotopic (exact) mass is 729 g/mol. The number of hydrogen-bond acceptors (Lipinski definition) is 2. The molecule has 11 rings (SSSR count). The van der Waals surface area contributed by atoms with Crippen molar-refractivity contribution in [3.63, 3.8) is 0 Å². The van der Waals surface area contributed by atoms with Gasteiger partial charge in [-0.1, -0.05) is 176 Å². The molecule has 1 heterocycles. The molecule has 0 bridgehead atoms. The van der Waals surface area contributed by atoms with E-state index in [1.165, 1.54) is 85.9 Å². The molecule has 0 atom stereocenters. The van der Waals surface area contributed by atoms with Crippen molar-refractivity contribution >= 4 is 80.9 Å². The Kier molecular flexibility index (Phi) is 7.75. The molecular weight excluding hydrogens is 695 g/mol. The van der Waals surface area contributed by atoms with Gasteiger partial charge in [-0.25, -0.2) is 0 Å². The van der Waals surface area contributed by atoms with Crippen LogP contribution >= 0.6 is 11.3 Å². The van der Waals surface area contributed by atoms with Crippen LogP contribution in [0.4, 0.5) is 17.1 Å². The van der Waals surface area contributed by atoms with E-state index in [9.17, 15) is 0 Å². The number of nitrogens with zero attached hydrogens (tertiary/aromatic N) is 1. The maximum Gasteiger partial charge on any atom is 0.0640 e. The summed E-state index contributed by atoms with van der Waals surface area (Å²) in [5.41, 5.74) is 10.6. The van der Waals surface area contributed by atoms with E-state index in [1.807, 2.05) is 11.3 Å². The second kappa shape index (κ2) is 13.4. The van der Waals surface area contributed by atoms with E-state index >= 15 is 0 Å². The quantitative estimate of drug-likeness (QED) is 0.165. The van der Waals surface area contributed by atoms with Crippen LogP contribution < -0.4 is 4.90 Å². The lowest BCUT2D eigenvalue weighted by atomic mass is 9.91. The third-order valence-corrected chi connectivity index (χ3v) is 12.4. The first-order valence-electron chi connectivity index (χ1n) is 19.2. The fourth-order valence-electron chi connectivity index (χ4n) is 8.61. The van der Waals surface area contributed by atoms with Gasteiger partial charge < -0.3 is 4.90 Å². The Morgan fingerprint density at radius 1 is 0.304 bits per heavy atom. The Hall–Kier alpha value is -7.00. The van der Waals surface area contributed by atoms with Gasteiger partial charge in [-0.2, -0.15) is 0 Å². The largest absolute Gasteiger partial charge is 0.308 e. The lowest BCUT2D eigenvalue weighted by molar-refractivity contribution is 1.31. The zero-order valence-corrected chi connectivity index (χ0v) is 31.4. The van der Waals surface area contributed by atoms with Gasteiger partial charge in [0.05, 0.1) is 21.8 Å². The van der Waals surface area contributed by atoms with Gasteiger partial charge in [0.2, 0.25) is 0 Å². The molecule has 0 unspecified atom stereocenters. The molecule has 262 valence electrons.